The number of piperidine rings is 1. The van der Waals surface area contributed by atoms with Crippen LogP contribution in [0.3, 0.4) is 0 Å². The van der Waals surface area contributed by atoms with Crippen molar-refractivity contribution in [2.45, 2.75) is 19.4 Å². The van der Waals surface area contributed by atoms with E-state index in [2.05, 4.69) is 5.32 Å². The number of aliphatic hydroxyl groups is 1. The lowest BCUT2D eigenvalue weighted by atomic mass is 9.96. The average molecular weight is 281 g/mol. The van der Waals surface area contributed by atoms with Crippen molar-refractivity contribution in [1.82, 2.24) is 4.90 Å². The highest BCUT2D eigenvalue weighted by Crippen LogP contribution is 2.20. The van der Waals surface area contributed by atoms with Crippen molar-refractivity contribution in [3.63, 3.8) is 0 Å². The average Bonchev–Trinajstić information content (AvgIpc) is 2.37. The van der Waals surface area contributed by atoms with Crippen LogP contribution in [0.2, 0.25) is 0 Å². The Morgan fingerprint density at radius 3 is 3.00 bits per heavy atom. The zero-order chi connectivity index (χ0) is 14.7. The van der Waals surface area contributed by atoms with Crippen molar-refractivity contribution >= 4 is 17.3 Å². The molecule has 0 bridgehead atoms. The predicted octanol–water partition coefficient (Wildman–Crippen LogP) is 1.05. The first-order valence-electron chi connectivity index (χ1n) is 6.71. The number of nitrogens with one attached hydrogen (secondary N) is 1. The summed E-state index contributed by atoms with van der Waals surface area (Å²) >= 11 is 0. The number of nitrogens with zero attached hydrogens (tertiary/aromatic N) is 1. The normalized spacial score (nSPS) is 23.6. The highest BCUT2D eigenvalue weighted by atomic mass is 19.1. The summed E-state index contributed by atoms with van der Waals surface area (Å²) in [7, 11) is 0. The largest absolute Gasteiger partial charge is 0.397 e. The van der Waals surface area contributed by atoms with E-state index in [0.717, 1.165) is 13.0 Å². The number of nitrogen functional groups attached to an aromatic ring is 1. The Labute approximate surface area is 117 Å². The summed E-state index contributed by atoms with van der Waals surface area (Å²) in [5.74, 6) is -0.388. The number of nitrogens with two attached hydrogens (primary N) is 1. The van der Waals surface area contributed by atoms with Gasteiger partial charge in [0, 0.05) is 6.54 Å². The van der Waals surface area contributed by atoms with Gasteiger partial charge in [-0.2, -0.15) is 0 Å². The van der Waals surface area contributed by atoms with Crippen molar-refractivity contribution in [2.24, 2.45) is 5.92 Å². The minimum Gasteiger partial charge on any atom is -0.397 e. The van der Waals surface area contributed by atoms with E-state index in [4.69, 9.17) is 5.73 Å². The molecule has 0 spiro atoms. The lowest BCUT2D eigenvalue weighted by Crippen LogP contribution is -2.45. The lowest BCUT2D eigenvalue weighted by molar-refractivity contribution is -0.118. The first-order chi connectivity index (χ1) is 9.45. The van der Waals surface area contributed by atoms with Gasteiger partial charge in [-0.1, -0.05) is 6.92 Å². The molecule has 20 heavy (non-hydrogen) atoms. The van der Waals surface area contributed by atoms with E-state index in [1.165, 1.54) is 18.2 Å². The fraction of sp³-hybridized carbons (Fsp3) is 0.500. The highest BCUT2D eigenvalue weighted by Gasteiger charge is 2.25. The standard InChI is InChI=1S/C14H20FN3O2/c1-9-4-5-18(7-13(9)19)8-14(20)17-12-3-2-10(15)6-11(12)16/h2-3,6,9,13,19H,4-5,7-8,16H2,1H3,(H,17,20). The van der Waals surface area contributed by atoms with E-state index in [0.29, 0.717) is 12.2 Å². The molecule has 1 aliphatic heterocycles. The second kappa shape index (κ2) is 6.19. The van der Waals surface area contributed by atoms with Crippen LogP contribution in [0.25, 0.3) is 0 Å². The molecule has 0 radical (unpaired) electrons. The van der Waals surface area contributed by atoms with E-state index in [1.807, 2.05) is 11.8 Å². The molecule has 0 aliphatic carbocycles. The Hall–Kier alpha value is -1.66. The van der Waals surface area contributed by atoms with Gasteiger partial charge in [0.1, 0.15) is 5.82 Å². The van der Waals surface area contributed by atoms with E-state index < -0.39 is 11.9 Å². The summed E-state index contributed by atoms with van der Waals surface area (Å²) in [4.78, 5) is 13.8. The number of β-amino-alcohol motifs (C(OH)–C–C–N with tert-alkyl or cyclic N) is 1. The summed E-state index contributed by atoms with van der Waals surface area (Å²) in [6.07, 6.45) is 0.472. The Kier molecular flexibility index (Phi) is 4.57. The molecule has 4 N–H and O–H groups in total. The number of halogens is 1. The van der Waals surface area contributed by atoms with Crippen molar-refractivity contribution in [3.8, 4) is 0 Å². The molecular formula is C14H20FN3O2. The van der Waals surface area contributed by atoms with Crippen molar-refractivity contribution in [2.75, 3.05) is 30.7 Å². The fourth-order valence-electron chi connectivity index (χ4n) is 2.30. The number of carbonyl (C=O) groups is 1. The van der Waals surface area contributed by atoms with Gasteiger partial charge in [-0.05, 0) is 37.1 Å². The molecule has 2 unspecified atom stereocenters. The van der Waals surface area contributed by atoms with Crippen LogP contribution in [0.4, 0.5) is 15.8 Å². The number of carbonyl (C=O) groups excluding carboxylic acids is 1. The topological polar surface area (TPSA) is 78.6 Å². The number of anilines is 2. The van der Waals surface area contributed by atoms with Gasteiger partial charge in [0.05, 0.1) is 24.0 Å². The van der Waals surface area contributed by atoms with Gasteiger partial charge in [-0.25, -0.2) is 4.39 Å². The maximum atomic E-state index is 12.9. The summed E-state index contributed by atoms with van der Waals surface area (Å²) in [5.41, 5.74) is 6.24. The minimum absolute atomic E-state index is 0.195. The molecule has 1 amide bonds. The Morgan fingerprint density at radius 2 is 2.35 bits per heavy atom. The molecule has 2 rings (SSSR count). The second-order valence-electron chi connectivity index (χ2n) is 5.35. The fourth-order valence-corrected chi connectivity index (χ4v) is 2.30. The molecule has 1 aromatic rings. The number of benzene rings is 1. The number of amides is 1. The number of hydrogen-bond acceptors (Lipinski definition) is 4. The molecule has 1 aliphatic rings. The first kappa shape index (κ1) is 14.7. The van der Waals surface area contributed by atoms with E-state index >= 15 is 0 Å². The minimum atomic E-state index is -0.436. The summed E-state index contributed by atoms with van der Waals surface area (Å²) in [6.45, 7) is 3.47. The third-order valence-corrected chi connectivity index (χ3v) is 3.66. The SMILES string of the molecule is CC1CCN(CC(=O)Nc2ccc(F)cc2N)CC1O. The van der Waals surface area contributed by atoms with Crippen molar-refractivity contribution in [1.29, 1.82) is 0 Å². The molecule has 1 heterocycles. The quantitative estimate of drug-likeness (QED) is 0.724. The van der Waals surface area contributed by atoms with Crippen molar-refractivity contribution < 1.29 is 14.3 Å². The zero-order valence-corrected chi connectivity index (χ0v) is 11.5. The Morgan fingerprint density at radius 1 is 1.60 bits per heavy atom. The molecule has 1 fully saturated rings. The Balaban J connectivity index is 1.89. The maximum Gasteiger partial charge on any atom is 0.238 e. The molecule has 0 saturated carbocycles. The van der Waals surface area contributed by atoms with Crippen LogP contribution < -0.4 is 11.1 Å². The molecule has 5 nitrogen and oxygen atoms in total. The van der Waals surface area contributed by atoms with Crippen LogP contribution in [-0.4, -0.2) is 41.7 Å². The second-order valence-corrected chi connectivity index (χ2v) is 5.35. The summed E-state index contributed by atoms with van der Waals surface area (Å²) in [5, 5.41) is 12.4. The molecule has 0 aromatic heterocycles. The molecule has 6 heteroatoms. The molecule has 2 atom stereocenters. The Bertz CT molecular complexity index is 495. The van der Waals surface area contributed by atoms with Gasteiger partial charge < -0.3 is 16.2 Å². The van der Waals surface area contributed by atoms with Crippen LogP contribution in [0, 0.1) is 11.7 Å². The summed E-state index contributed by atoms with van der Waals surface area (Å²) in [6, 6.07) is 3.86. The van der Waals surface area contributed by atoms with Gasteiger partial charge in [-0.15, -0.1) is 0 Å². The summed E-state index contributed by atoms with van der Waals surface area (Å²) < 4.78 is 12.9. The van der Waals surface area contributed by atoms with Gasteiger partial charge in [-0.3, -0.25) is 9.69 Å². The van der Waals surface area contributed by atoms with Crippen LogP contribution in [-0.2, 0) is 4.79 Å². The van der Waals surface area contributed by atoms with E-state index in [9.17, 15) is 14.3 Å². The van der Waals surface area contributed by atoms with Crippen LogP contribution in [0.1, 0.15) is 13.3 Å². The molecule has 1 saturated heterocycles. The highest BCUT2D eigenvalue weighted by molar-refractivity contribution is 5.95. The van der Waals surface area contributed by atoms with Gasteiger partial charge in [0.25, 0.3) is 0 Å². The smallest absolute Gasteiger partial charge is 0.238 e. The van der Waals surface area contributed by atoms with Crippen LogP contribution in [0.5, 0.6) is 0 Å². The van der Waals surface area contributed by atoms with Crippen LogP contribution >= 0.6 is 0 Å². The van der Waals surface area contributed by atoms with Gasteiger partial charge in [0.15, 0.2) is 0 Å². The first-order valence-corrected chi connectivity index (χ1v) is 6.71. The number of likely N-dealkylation sites (tertiary alicyclic amines) is 1. The number of aliphatic hydroxyl groups excluding tert-OH is 1. The number of hydrogen-bond donors (Lipinski definition) is 3. The monoisotopic (exact) mass is 281 g/mol. The molecular weight excluding hydrogens is 261 g/mol. The van der Waals surface area contributed by atoms with Gasteiger partial charge in [0.2, 0.25) is 5.91 Å². The van der Waals surface area contributed by atoms with Crippen molar-refractivity contribution in [3.05, 3.63) is 24.0 Å². The third-order valence-electron chi connectivity index (χ3n) is 3.66. The molecule has 110 valence electrons. The predicted molar refractivity (Wildman–Crippen MR) is 75.7 cm³/mol. The maximum absolute atomic E-state index is 12.9. The zero-order valence-electron chi connectivity index (χ0n) is 11.5. The van der Waals surface area contributed by atoms with E-state index in [-0.39, 0.29) is 24.1 Å². The van der Waals surface area contributed by atoms with E-state index in [1.54, 1.807) is 0 Å². The molecule has 1 aromatic carbocycles. The lowest BCUT2D eigenvalue weighted by Gasteiger charge is -2.33. The third kappa shape index (κ3) is 3.68. The van der Waals surface area contributed by atoms with Crippen LogP contribution in [0.15, 0.2) is 18.2 Å². The number of rotatable bonds is 3. The van der Waals surface area contributed by atoms with Gasteiger partial charge >= 0.3 is 0 Å².